The Balaban J connectivity index is 1.98. The molecule has 1 aliphatic heterocycles. The SMILES string of the molecule is COc1cc(/C(O)=C2\C(=O)C(=O)N(c3cccc(C)c3)C2c2ccccc2C)ccc1Cl. The Labute approximate surface area is 191 Å². The topological polar surface area (TPSA) is 66.8 Å². The van der Waals surface area contributed by atoms with Crippen LogP contribution in [0.1, 0.15) is 28.3 Å². The zero-order chi connectivity index (χ0) is 23.0. The van der Waals surface area contributed by atoms with E-state index in [9.17, 15) is 14.7 Å². The van der Waals surface area contributed by atoms with Crippen LogP contribution in [-0.2, 0) is 9.59 Å². The molecule has 0 saturated carbocycles. The molecule has 0 aliphatic carbocycles. The third-order valence-electron chi connectivity index (χ3n) is 5.63. The third-order valence-corrected chi connectivity index (χ3v) is 5.94. The number of amides is 1. The first-order valence-electron chi connectivity index (χ1n) is 10.1. The fourth-order valence-corrected chi connectivity index (χ4v) is 4.22. The van der Waals surface area contributed by atoms with Gasteiger partial charge in [0.25, 0.3) is 11.7 Å². The number of aliphatic hydroxyl groups excluding tert-OH is 1. The first kappa shape index (κ1) is 21.7. The summed E-state index contributed by atoms with van der Waals surface area (Å²) in [6, 6.07) is 18.9. The molecule has 6 heteroatoms. The third kappa shape index (κ3) is 3.65. The van der Waals surface area contributed by atoms with Crippen LogP contribution < -0.4 is 9.64 Å². The Hall–Kier alpha value is -3.57. The molecular weight excluding hydrogens is 426 g/mol. The minimum Gasteiger partial charge on any atom is -0.507 e. The van der Waals surface area contributed by atoms with E-state index in [4.69, 9.17) is 16.3 Å². The van der Waals surface area contributed by atoms with Crippen molar-refractivity contribution in [3.8, 4) is 5.75 Å². The zero-order valence-electron chi connectivity index (χ0n) is 17.9. The summed E-state index contributed by atoms with van der Waals surface area (Å²) in [5, 5.41) is 11.6. The van der Waals surface area contributed by atoms with Crippen LogP contribution in [0, 0.1) is 13.8 Å². The second-order valence-corrected chi connectivity index (χ2v) is 8.12. The predicted octanol–water partition coefficient (Wildman–Crippen LogP) is 5.59. The predicted molar refractivity (Wildman–Crippen MR) is 125 cm³/mol. The van der Waals surface area contributed by atoms with Crippen LogP contribution in [0.5, 0.6) is 5.75 Å². The van der Waals surface area contributed by atoms with Crippen molar-refractivity contribution in [3.63, 3.8) is 0 Å². The summed E-state index contributed by atoms with van der Waals surface area (Å²) in [5.74, 6) is -1.35. The van der Waals surface area contributed by atoms with Gasteiger partial charge in [0.2, 0.25) is 0 Å². The van der Waals surface area contributed by atoms with Gasteiger partial charge in [0.1, 0.15) is 11.5 Å². The van der Waals surface area contributed by atoms with E-state index in [1.54, 1.807) is 24.3 Å². The van der Waals surface area contributed by atoms with Gasteiger partial charge >= 0.3 is 0 Å². The number of anilines is 1. The highest BCUT2D eigenvalue weighted by Crippen LogP contribution is 2.43. The van der Waals surface area contributed by atoms with Gasteiger partial charge in [0, 0.05) is 11.3 Å². The van der Waals surface area contributed by atoms with Crippen molar-refractivity contribution in [1.82, 2.24) is 0 Å². The Morgan fingerprint density at radius 3 is 2.44 bits per heavy atom. The molecule has 162 valence electrons. The fourth-order valence-electron chi connectivity index (χ4n) is 4.03. The van der Waals surface area contributed by atoms with Crippen LogP contribution in [-0.4, -0.2) is 23.9 Å². The Morgan fingerprint density at radius 2 is 1.75 bits per heavy atom. The lowest BCUT2D eigenvalue weighted by Crippen LogP contribution is -2.29. The van der Waals surface area contributed by atoms with Crippen molar-refractivity contribution < 1.29 is 19.4 Å². The number of benzene rings is 3. The number of carbonyl (C=O) groups is 2. The number of ketones is 1. The molecule has 1 fully saturated rings. The average Bonchev–Trinajstić information content (AvgIpc) is 3.04. The van der Waals surface area contributed by atoms with Crippen LogP contribution in [0.25, 0.3) is 5.76 Å². The number of hydrogen-bond donors (Lipinski definition) is 1. The lowest BCUT2D eigenvalue weighted by atomic mass is 9.92. The maximum atomic E-state index is 13.2. The van der Waals surface area contributed by atoms with Gasteiger partial charge in [-0.1, -0.05) is 48.0 Å². The fraction of sp³-hybridized carbons (Fsp3) is 0.154. The van der Waals surface area contributed by atoms with Crippen LogP contribution in [0.2, 0.25) is 5.02 Å². The number of Topliss-reactive ketones (excluding diaryl/α,β-unsaturated/α-hetero) is 1. The summed E-state index contributed by atoms with van der Waals surface area (Å²) < 4.78 is 5.25. The number of methoxy groups -OCH3 is 1. The lowest BCUT2D eigenvalue weighted by Gasteiger charge is -2.27. The van der Waals surface area contributed by atoms with Gasteiger partial charge in [0.15, 0.2) is 0 Å². The first-order chi connectivity index (χ1) is 15.3. The molecule has 0 aromatic heterocycles. The summed E-state index contributed by atoms with van der Waals surface area (Å²) in [5.41, 5.74) is 3.57. The van der Waals surface area contributed by atoms with Crippen molar-refractivity contribution in [1.29, 1.82) is 0 Å². The van der Waals surface area contributed by atoms with Crippen LogP contribution in [0.15, 0.2) is 72.3 Å². The molecule has 3 aromatic carbocycles. The Bertz CT molecular complexity index is 1260. The molecule has 0 spiro atoms. The van der Waals surface area contributed by atoms with Crippen molar-refractivity contribution >= 4 is 34.7 Å². The number of rotatable bonds is 4. The van der Waals surface area contributed by atoms with Crippen LogP contribution in [0.3, 0.4) is 0 Å². The van der Waals surface area contributed by atoms with Gasteiger partial charge in [-0.2, -0.15) is 0 Å². The number of halogens is 1. The maximum absolute atomic E-state index is 13.2. The Morgan fingerprint density at radius 1 is 1.00 bits per heavy atom. The van der Waals surface area contributed by atoms with Crippen LogP contribution >= 0.6 is 11.6 Å². The molecule has 3 aromatic rings. The van der Waals surface area contributed by atoms with Gasteiger partial charge in [-0.25, -0.2) is 0 Å². The molecule has 32 heavy (non-hydrogen) atoms. The molecule has 4 rings (SSSR count). The number of aliphatic hydroxyl groups is 1. The quantitative estimate of drug-likeness (QED) is 0.321. The molecule has 1 unspecified atom stereocenters. The number of ether oxygens (including phenoxy) is 1. The lowest BCUT2D eigenvalue weighted by molar-refractivity contribution is -0.132. The number of carbonyl (C=O) groups excluding carboxylic acids is 2. The van der Waals surface area contributed by atoms with E-state index >= 15 is 0 Å². The van der Waals surface area contributed by atoms with Gasteiger partial charge in [-0.05, 0) is 60.9 Å². The monoisotopic (exact) mass is 447 g/mol. The minimum absolute atomic E-state index is 0.0233. The normalized spacial score (nSPS) is 17.6. The molecule has 1 saturated heterocycles. The van der Waals surface area contributed by atoms with E-state index < -0.39 is 17.7 Å². The van der Waals surface area contributed by atoms with E-state index in [2.05, 4.69) is 0 Å². The van der Waals surface area contributed by atoms with Crippen molar-refractivity contribution in [2.24, 2.45) is 0 Å². The van der Waals surface area contributed by atoms with Gasteiger partial charge < -0.3 is 9.84 Å². The zero-order valence-corrected chi connectivity index (χ0v) is 18.7. The molecule has 1 N–H and O–H groups in total. The molecule has 1 heterocycles. The highest BCUT2D eigenvalue weighted by molar-refractivity contribution is 6.51. The van der Waals surface area contributed by atoms with Gasteiger partial charge in [0.05, 0.1) is 23.7 Å². The van der Waals surface area contributed by atoms with E-state index in [0.717, 1.165) is 16.7 Å². The first-order valence-corrected chi connectivity index (χ1v) is 10.5. The van der Waals surface area contributed by atoms with Crippen molar-refractivity contribution in [3.05, 3.63) is 99.6 Å². The Kier molecular flexibility index (Phi) is 5.76. The second-order valence-electron chi connectivity index (χ2n) is 7.71. The van der Waals surface area contributed by atoms with Crippen molar-refractivity contribution in [2.45, 2.75) is 19.9 Å². The van der Waals surface area contributed by atoms with Gasteiger partial charge in [-0.15, -0.1) is 0 Å². The van der Waals surface area contributed by atoms with Crippen molar-refractivity contribution in [2.75, 3.05) is 12.0 Å². The number of hydrogen-bond acceptors (Lipinski definition) is 4. The standard InChI is InChI=1S/C26H22ClNO4/c1-15-7-6-9-18(13-15)28-23(19-10-5-4-8-16(19)2)22(25(30)26(28)31)24(29)17-11-12-20(27)21(14-17)32-3/h4-14,23,29H,1-3H3/b24-22+. The molecule has 0 bridgehead atoms. The van der Waals surface area contributed by atoms with E-state index in [1.165, 1.54) is 12.0 Å². The smallest absolute Gasteiger partial charge is 0.300 e. The van der Waals surface area contributed by atoms with Crippen LogP contribution in [0.4, 0.5) is 5.69 Å². The number of aryl methyl sites for hydroxylation is 2. The molecule has 5 nitrogen and oxygen atoms in total. The molecule has 1 atom stereocenters. The summed E-state index contributed by atoms with van der Waals surface area (Å²) in [4.78, 5) is 27.9. The highest BCUT2D eigenvalue weighted by Gasteiger charge is 2.47. The van der Waals surface area contributed by atoms with E-state index in [1.807, 2.05) is 56.3 Å². The second kappa shape index (κ2) is 8.52. The van der Waals surface area contributed by atoms with Gasteiger partial charge in [-0.3, -0.25) is 14.5 Å². The minimum atomic E-state index is -0.778. The largest absolute Gasteiger partial charge is 0.507 e. The molecule has 1 aliphatic rings. The van der Waals surface area contributed by atoms with E-state index in [0.29, 0.717) is 22.0 Å². The summed E-state index contributed by atoms with van der Waals surface area (Å²) in [6.45, 7) is 3.83. The molecule has 1 amide bonds. The summed E-state index contributed by atoms with van der Waals surface area (Å²) in [7, 11) is 1.47. The molecule has 0 radical (unpaired) electrons. The molecular formula is C26H22ClNO4. The highest BCUT2D eigenvalue weighted by atomic mass is 35.5. The summed E-state index contributed by atoms with van der Waals surface area (Å²) >= 11 is 6.12. The average molecular weight is 448 g/mol. The maximum Gasteiger partial charge on any atom is 0.300 e. The number of nitrogens with zero attached hydrogens (tertiary/aromatic N) is 1. The van der Waals surface area contributed by atoms with E-state index in [-0.39, 0.29) is 11.3 Å². The summed E-state index contributed by atoms with van der Waals surface area (Å²) in [6.07, 6.45) is 0.